The molecule has 0 atom stereocenters. The SMILES string of the molecule is O=c1[nH]c(N2CCCCC2)nc2c1CCN(Cc1cccn1Cc1ccccc1F)C2. The molecule has 5 rings (SSSR count). The van der Waals surface area contributed by atoms with Crippen LogP contribution in [0.4, 0.5) is 10.3 Å². The minimum atomic E-state index is -0.178. The van der Waals surface area contributed by atoms with Crippen LogP contribution in [0, 0.1) is 5.82 Å². The Morgan fingerprint density at radius 3 is 2.68 bits per heavy atom. The average Bonchev–Trinajstić information content (AvgIpc) is 3.22. The second-order valence-electron chi connectivity index (χ2n) is 8.54. The lowest BCUT2D eigenvalue weighted by Crippen LogP contribution is -2.38. The summed E-state index contributed by atoms with van der Waals surface area (Å²) in [5.41, 5.74) is 3.53. The zero-order valence-electron chi connectivity index (χ0n) is 17.7. The van der Waals surface area contributed by atoms with Crippen molar-refractivity contribution in [3.8, 4) is 0 Å². The van der Waals surface area contributed by atoms with E-state index < -0.39 is 0 Å². The maximum absolute atomic E-state index is 14.1. The van der Waals surface area contributed by atoms with Crippen LogP contribution in [0.5, 0.6) is 0 Å². The highest BCUT2D eigenvalue weighted by atomic mass is 19.1. The summed E-state index contributed by atoms with van der Waals surface area (Å²) < 4.78 is 16.2. The van der Waals surface area contributed by atoms with Crippen molar-refractivity contribution in [3.05, 3.63) is 81.3 Å². The lowest BCUT2D eigenvalue weighted by atomic mass is 10.1. The van der Waals surface area contributed by atoms with Gasteiger partial charge in [-0.15, -0.1) is 0 Å². The number of anilines is 1. The molecular weight excluding hydrogens is 393 g/mol. The third-order valence-corrected chi connectivity index (χ3v) is 6.40. The summed E-state index contributed by atoms with van der Waals surface area (Å²) >= 11 is 0. The highest BCUT2D eigenvalue weighted by Gasteiger charge is 2.23. The van der Waals surface area contributed by atoms with Gasteiger partial charge in [-0.1, -0.05) is 18.2 Å². The molecule has 1 aromatic carbocycles. The molecule has 0 spiro atoms. The topological polar surface area (TPSA) is 57.2 Å². The van der Waals surface area contributed by atoms with Crippen molar-refractivity contribution < 1.29 is 4.39 Å². The standard InChI is InChI=1S/C24H28FN5O/c25-21-9-3-2-7-18(21)15-30-13-6-8-19(30)16-28-14-10-20-22(17-28)26-24(27-23(20)31)29-11-4-1-5-12-29/h2-3,6-9,13H,1,4-5,10-12,14-17H2,(H,26,27,31). The highest BCUT2D eigenvalue weighted by molar-refractivity contribution is 5.34. The van der Waals surface area contributed by atoms with Gasteiger partial charge in [0.25, 0.3) is 5.56 Å². The molecular formula is C24H28FN5O. The molecule has 1 N–H and O–H groups in total. The number of H-pyrrole nitrogens is 1. The van der Waals surface area contributed by atoms with Crippen LogP contribution < -0.4 is 10.5 Å². The Kier molecular flexibility index (Phi) is 5.59. The van der Waals surface area contributed by atoms with E-state index in [9.17, 15) is 9.18 Å². The van der Waals surface area contributed by atoms with E-state index in [0.717, 1.165) is 56.0 Å². The summed E-state index contributed by atoms with van der Waals surface area (Å²) in [6.45, 7) is 4.63. The first kappa shape index (κ1) is 20.0. The predicted octanol–water partition coefficient (Wildman–Crippen LogP) is 3.31. The van der Waals surface area contributed by atoms with Crippen LogP contribution in [0.1, 0.15) is 41.8 Å². The normalized spacial score (nSPS) is 17.0. The Morgan fingerprint density at radius 2 is 1.84 bits per heavy atom. The minimum absolute atomic E-state index is 0.00755. The van der Waals surface area contributed by atoms with E-state index in [1.54, 1.807) is 6.07 Å². The van der Waals surface area contributed by atoms with Crippen molar-refractivity contribution in [1.29, 1.82) is 0 Å². The Balaban J connectivity index is 1.32. The molecule has 0 aliphatic carbocycles. The molecule has 31 heavy (non-hydrogen) atoms. The fourth-order valence-electron chi connectivity index (χ4n) is 4.66. The van der Waals surface area contributed by atoms with Crippen LogP contribution in [-0.4, -0.2) is 39.1 Å². The molecule has 0 radical (unpaired) electrons. The number of piperidine rings is 1. The molecule has 1 saturated heterocycles. The number of fused-ring (bicyclic) bond motifs is 1. The molecule has 162 valence electrons. The first-order valence-corrected chi connectivity index (χ1v) is 11.1. The van der Waals surface area contributed by atoms with Crippen molar-refractivity contribution >= 4 is 5.95 Å². The maximum atomic E-state index is 14.1. The monoisotopic (exact) mass is 421 g/mol. The van der Waals surface area contributed by atoms with Crippen molar-refractivity contribution in [3.63, 3.8) is 0 Å². The van der Waals surface area contributed by atoms with Crippen molar-refractivity contribution in [2.75, 3.05) is 24.5 Å². The third kappa shape index (κ3) is 4.28. The largest absolute Gasteiger partial charge is 0.346 e. The Bertz CT molecular complexity index is 1120. The molecule has 0 saturated carbocycles. The van der Waals surface area contributed by atoms with Crippen molar-refractivity contribution in [2.24, 2.45) is 0 Å². The molecule has 7 heteroatoms. The number of rotatable bonds is 5. The second-order valence-corrected chi connectivity index (χ2v) is 8.54. The second kappa shape index (κ2) is 8.67. The van der Waals surface area contributed by atoms with E-state index in [-0.39, 0.29) is 11.4 Å². The van der Waals surface area contributed by atoms with Gasteiger partial charge in [0.15, 0.2) is 0 Å². The third-order valence-electron chi connectivity index (χ3n) is 6.40. The molecule has 6 nitrogen and oxygen atoms in total. The molecule has 2 aliphatic rings. The summed E-state index contributed by atoms with van der Waals surface area (Å²) in [4.78, 5) is 25.0. The first-order valence-electron chi connectivity index (χ1n) is 11.1. The van der Waals surface area contributed by atoms with E-state index in [2.05, 4.69) is 25.4 Å². The number of nitrogens with one attached hydrogen (secondary N) is 1. The Labute approximate surface area is 181 Å². The number of benzene rings is 1. The van der Waals surface area contributed by atoms with Crippen molar-refractivity contribution in [2.45, 2.75) is 45.3 Å². The molecule has 0 bridgehead atoms. The molecule has 1 fully saturated rings. The molecule has 2 aromatic heterocycles. The van der Waals surface area contributed by atoms with Gasteiger partial charge in [-0.25, -0.2) is 9.37 Å². The van der Waals surface area contributed by atoms with Gasteiger partial charge in [0.2, 0.25) is 5.95 Å². The van der Waals surface area contributed by atoms with Gasteiger partial charge in [0.1, 0.15) is 5.82 Å². The number of nitrogens with zero attached hydrogens (tertiary/aromatic N) is 4. The molecule has 0 unspecified atom stereocenters. The first-order chi connectivity index (χ1) is 15.2. The van der Waals surface area contributed by atoms with Gasteiger partial charge in [0, 0.05) is 55.7 Å². The van der Waals surface area contributed by atoms with Crippen LogP contribution in [-0.2, 0) is 26.1 Å². The van der Waals surface area contributed by atoms with Gasteiger partial charge in [-0.05, 0) is 43.9 Å². The number of halogens is 1. The predicted molar refractivity (Wildman–Crippen MR) is 119 cm³/mol. The number of hydrogen-bond acceptors (Lipinski definition) is 4. The van der Waals surface area contributed by atoms with Crippen LogP contribution >= 0.6 is 0 Å². The van der Waals surface area contributed by atoms with E-state index in [1.165, 1.54) is 12.5 Å². The lowest BCUT2D eigenvalue weighted by Gasteiger charge is -2.31. The van der Waals surface area contributed by atoms with Crippen LogP contribution in [0.25, 0.3) is 0 Å². The lowest BCUT2D eigenvalue weighted by molar-refractivity contribution is 0.235. The van der Waals surface area contributed by atoms with Gasteiger partial charge in [0.05, 0.1) is 12.2 Å². The minimum Gasteiger partial charge on any atom is -0.346 e. The fraction of sp³-hybridized carbons (Fsp3) is 0.417. The summed E-state index contributed by atoms with van der Waals surface area (Å²) in [7, 11) is 0. The van der Waals surface area contributed by atoms with Crippen LogP contribution in [0.2, 0.25) is 0 Å². The van der Waals surface area contributed by atoms with Gasteiger partial charge in [-0.2, -0.15) is 0 Å². The molecule has 3 aromatic rings. The Morgan fingerprint density at radius 1 is 1.00 bits per heavy atom. The fourth-order valence-corrected chi connectivity index (χ4v) is 4.66. The number of aromatic nitrogens is 3. The van der Waals surface area contributed by atoms with Crippen LogP contribution in [0.15, 0.2) is 47.4 Å². The summed E-state index contributed by atoms with van der Waals surface area (Å²) in [6, 6.07) is 11.0. The highest BCUT2D eigenvalue weighted by Crippen LogP contribution is 2.21. The van der Waals surface area contributed by atoms with Gasteiger partial charge < -0.3 is 9.47 Å². The quantitative estimate of drug-likeness (QED) is 0.687. The Hall–Kier alpha value is -2.93. The van der Waals surface area contributed by atoms with E-state index in [4.69, 9.17) is 4.98 Å². The van der Waals surface area contributed by atoms with Gasteiger partial charge >= 0.3 is 0 Å². The van der Waals surface area contributed by atoms with E-state index >= 15 is 0 Å². The van der Waals surface area contributed by atoms with Crippen molar-refractivity contribution in [1.82, 2.24) is 19.4 Å². The zero-order valence-corrected chi connectivity index (χ0v) is 17.7. The van der Waals surface area contributed by atoms with E-state index in [1.807, 2.05) is 24.4 Å². The smallest absolute Gasteiger partial charge is 0.255 e. The van der Waals surface area contributed by atoms with E-state index in [0.29, 0.717) is 31.0 Å². The maximum Gasteiger partial charge on any atom is 0.255 e. The molecule has 4 heterocycles. The average molecular weight is 422 g/mol. The van der Waals surface area contributed by atoms with Crippen LogP contribution in [0.3, 0.4) is 0 Å². The number of hydrogen-bond donors (Lipinski definition) is 1. The molecule has 0 amide bonds. The number of aromatic amines is 1. The summed E-state index contributed by atoms with van der Waals surface area (Å²) in [6.07, 6.45) is 6.23. The van der Waals surface area contributed by atoms with Gasteiger partial charge in [-0.3, -0.25) is 14.7 Å². The summed E-state index contributed by atoms with van der Waals surface area (Å²) in [5.74, 6) is 0.538. The summed E-state index contributed by atoms with van der Waals surface area (Å²) in [5, 5.41) is 0. The molecule has 2 aliphatic heterocycles. The zero-order chi connectivity index (χ0) is 21.2.